The molecule has 0 aliphatic heterocycles. The Balaban J connectivity index is 2.57. The predicted molar refractivity (Wildman–Crippen MR) is 61.6 cm³/mol. The van der Waals surface area contributed by atoms with Crippen LogP contribution in [0, 0.1) is 20.2 Å². The lowest BCUT2D eigenvalue weighted by molar-refractivity contribution is -0.394. The summed E-state index contributed by atoms with van der Waals surface area (Å²) in [6.07, 6.45) is 0.991. The van der Waals surface area contributed by atoms with Crippen molar-refractivity contribution in [2.24, 2.45) is 0 Å². The van der Waals surface area contributed by atoms with Crippen molar-refractivity contribution >= 4 is 17.3 Å². The highest BCUT2D eigenvalue weighted by atomic mass is 16.6. The molecule has 0 fully saturated rings. The first kappa shape index (κ1) is 13.1. The first-order chi connectivity index (χ1) is 9.38. The second-order valence-electron chi connectivity index (χ2n) is 3.58. The van der Waals surface area contributed by atoms with E-state index in [-0.39, 0.29) is 11.4 Å². The van der Waals surface area contributed by atoms with Crippen LogP contribution in [0.2, 0.25) is 0 Å². The van der Waals surface area contributed by atoms with E-state index in [0.29, 0.717) is 0 Å². The summed E-state index contributed by atoms with van der Waals surface area (Å²) in [6, 6.07) is 2.83. The molecule has 2 aromatic rings. The molecule has 2 rings (SSSR count). The average Bonchev–Trinajstić information content (AvgIpc) is 2.87. The molecule has 11 heteroatoms. The van der Waals surface area contributed by atoms with Crippen LogP contribution >= 0.6 is 0 Å². The van der Waals surface area contributed by atoms with Gasteiger partial charge in [-0.25, -0.2) is 9.48 Å². The fraction of sp³-hybridized carbons (Fsp3) is 0. The van der Waals surface area contributed by atoms with Crippen LogP contribution in [-0.2, 0) is 0 Å². The van der Waals surface area contributed by atoms with E-state index >= 15 is 0 Å². The molecule has 0 spiro atoms. The number of nitro benzene ring substituents is 2. The number of nitrogens with zero attached hydrogens (tertiary/aromatic N) is 5. The number of carboxylic acid groups (broad SMARTS) is 1. The number of aromatic carboxylic acids is 1. The van der Waals surface area contributed by atoms with Crippen molar-refractivity contribution in [3.05, 3.63) is 50.3 Å². The van der Waals surface area contributed by atoms with Crippen molar-refractivity contribution in [2.75, 3.05) is 0 Å². The van der Waals surface area contributed by atoms with Gasteiger partial charge in [-0.2, -0.15) is 0 Å². The molecule has 102 valence electrons. The number of non-ortho nitro benzene ring substituents is 2. The van der Waals surface area contributed by atoms with Gasteiger partial charge in [0.25, 0.3) is 11.4 Å². The number of aromatic nitrogens is 3. The summed E-state index contributed by atoms with van der Waals surface area (Å²) in [5, 5.41) is 36.9. The Morgan fingerprint density at radius 3 is 2.10 bits per heavy atom. The molecule has 0 saturated carbocycles. The van der Waals surface area contributed by atoms with Crippen LogP contribution in [0.1, 0.15) is 10.5 Å². The number of carbonyl (C=O) groups is 1. The van der Waals surface area contributed by atoms with Crippen LogP contribution in [0.4, 0.5) is 11.4 Å². The maximum Gasteiger partial charge on any atom is 0.358 e. The quantitative estimate of drug-likeness (QED) is 0.635. The maximum atomic E-state index is 10.7. The Kier molecular flexibility index (Phi) is 3.08. The van der Waals surface area contributed by atoms with Gasteiger partial charge in [0.2, 0.25) is 0 Å². The van der Waals surface area contributed by atoms with E-state index in [2.05, 4.69) is 10.3 Å². The highest BCUT2D eigenvalue weighted by molar-refractivity contribution is 5.84. The maximum absolute atomic E-state index is 10.7. The highest BCUT2D eigenvalue weighted by Crippen LogP contribution is 2.24. The summed E-state index contributed by atoms with van der Waals surface area (Å²) >= 11 is 0. The third-order valence-corrected chi connectivity index (χ3v) is 2.29. The zero-order valence-corrected chi connectivity index (χ0v) is 9.53. The molecule has 0 radical (unpaired) electrons. The van der Waals surface area contributed by atoms with Gasteiger partial charge in [-0.1, -0.05) is 5.21 Å². The van der Waals surface area contributed by atoms with E-state index in [1.54, 1.807) is 0 Å². The van der Waals surface area contributed by atoms with Gasteiger partial charge in [0.15, 0.2) is 5.69 Å². The molecule has 0 unspecified atom stereocenters. The van der Waals surface area contributed by atoms with Crippen LogP contribution in [0.3, 0.4) is 0 Å². The van der Waals surface area contributed by atoms with Crippen molar-refractivity contribution in [1.82, 2.24) is 15.0 Å². The van der Waals surface area contributed by atoms with Crippen molar-refractivity contribution in [3.63, 3.8) is 0 Å². The van der Waals surface area contributed by atoms with Gasteiger partial charge in [-0.3, -0.25) is 20.2 Å². The first-order valence-electron chi connectivity index (χ1n) is 4.98. The minimum Gasteiger partial charge on any atom is -0.476 e. The first-order valence-corrected chi connectivity index (χ1v) is 4.98. The summed E-state index contributed by atoms with van der Waals surface area (Å²) in [5.41, 5.74) is -1.45. The Morgan fingerprint density at radius 1 is 1.15 bits per heavy atom. The van der Waals surface area contributed by atoms with Crippen LogP contribution < -0.4 is 0 Å². The van der Waals surface area contributed by atoms with Crippen LogP contribution in [0.5, 0.6) is 0 Å². The Labute approximate surface area is 109 Å². The van der Waals surface area contributed by atoms with Crippen LogP contribution in [0.25, 0.3) is 5.69 Å². The van der Waals surface area contributed by atoms with E-state index < -0.39 is 27.2 Å². The van der Waals surface area contributed by atoms with E-state index in [9.17, 15) is 25.0 Å². The molecule has 0 aliphatic carbocycles. The molecule has 1 aromatic carbocycles. The van der Waals surface area contributed by atoms with Gasteiger partial charge in [0.1, 0.15) is 0 Å². The summed E-state index contributed by atoms with van der Waals surface area (Å²) in [7, 11) is 0. The third-order valence-electron chi connectivity index (χ3n) is 2.29. The molecule has 0 saturated heterocycles. The number of hydrogen-bond donors (Lipinski definition) is 1. The van der Waals surface area contributed by atoms with Crippen molar-refractivity contribution in [2.45, 2.75) is 0 Å². The van der Waals surface area contributed by atoms with E-state index in [0.717, 1.165) is 29.1 Å². The second-order valence-corrected chi connectivity index (χ2v) is 3.58. The van der Waals surface area contributed by atoms with E-state index in [1.807, 2.05) is 0 Å². The summed E-state index contributed by atoms with van der Waals surface area (Å²) in [5.74, 6) is -1.34. The molecule has 20 heavy (non-hydrogen) atoms. The minimum atomic E-state index is -1.34. The van der Waals surface area contributed by atoms with Crippen LogP contribution in [0.15, 0.2) is 24.4 Å². The monoisotopic (exact) mass is 279 g/mol. The number of hydrogen-bond acceptors (Lipinski definition) is 7. The lowest BCUT2D eigenvalue weighted by Crippen LogP contribution is -2.00. The Hall–Kier alpha value is -3.37. The summed E-state index contributed by atoms with van der Waals surface area (Å²) in [4.78, 5) is 30.5. The average molecular weight is 279 g/mol. The molecule has 1 heterocycles. The van der Waals surface area contributed by atoms with Crippen molar-refractivity contribution in [3.8, 4) is 5.69 Å². The number of rotatable bonds is 4. The van der Waals surface area contributed by atoms with Gasteiger partial charge >= 0.3 is 5.97 Å². The topological polar surface area (TPSA) is 154 Å². The van der Waals surface area contributed by atoms with Crippen molar-refractivity contribution in [1.29, 1.82) is 0 Å². The van der Waals surface area contributed by atoms with Gasteiger partial charge in [0, 0.05) is 12.1 Å². The molecule has 1 N–H and O–H groups in total. The standard InChI is InChI=1S/C9H5N5O6/c15-9(16)8-4-12(11-10-8)5-1-6(13(17)18)3-7(2-5)14(19)20/h1-4H,(H,15,16). The molecule has 0 atom stereocenters. The summed E-state index contributed by atoms with van der Waals surface area (Å²) < 4.78 is 0.906. The molecule has 0 bridgehead atoms. The molecule has 0 amide bonds. The number of carboxylic acids is 1. The Morgan fingerprint density at radius 2 is 1.70 bits per heavy atom. The zero-order chi connectivity index (χ0) is 14.9. The van der Waals surface area contributed by atoms with Gasteiger partial charge < -0.3 is 5.11 Å². The lowest BCUT2D eigenvalue weighted by atomic mass is 10.2. The SMILES string of the molecule is O=C(O)c1cn(-c2cc([N+](=O)[O-])cc([N+](=O)[O-])c2)nn1. The second kappa shape index (κ2) is 4.72. The lowest BCUT2D eigenvalue weighted by Gasteiger charge is -2.00. The highest BCUT2D eigenvalue weighted by Gasteiger charge is 2.18. The minimum absolute atomic E-state index is 0.0362. The molecule has 1 aromatic heterocycles. The van der Waals surface area contributed by atoms with Gasteiger partial charge in [-0.05, 0) is 0 Å². The molecular formula is C9H5N5O6. The number of nitro groups is 2. The van der Waals surface area contributed by atoms with Gasteiger partial charge in [-0.15, -0.1) is 5.10 Å². The van der Waals surface area contributed by atoms with Gasteiger partial charge in [0.05, 0.1) is 27.8 Å². The van der Waals surface area contributed by atoms with Crippen LogP contribution in [-0.4, -0.2) is 35.9 Å². The smallest absolute Gasteiger partial charge is 0.358 e. The normalized spacial score (nSPS) is 10.2. The third kappa shape index (κ3) is 2.40. The predicted octanol–water partition coefficient (Wildman–Crippen LogP) is 0.782. The fourth-order valence-electron chi connectivity index (χ4n) is 1.41. The van der Waals surface area contributed by atoms with Crippen molar-refractivity contribution < 1.29 is 19.7 Å². The molecule has 11 nitrogen and oxygen atoms in total. The Bertz CT molecular complexity index is 691. The van der Waals surface area contributed by atoms with E-state index in [1.165, 1.54) is 0 Å². The zero-order valence-electron chi connectivity index (χ0n) is 9.53. The molecule has 0 aliphatic rings. The van der Waals surface area contributed by atoms with E-state index in [4.69, 9.17) is 5.11 Å². The summed E-state index contributed by atoms with van der Waals surface area (Å²) in [6.45, 7) is 0. The largest absolute Gasteiger partial charge is 0.476 e. The molecular weight excluding hydrogens is 274 g/mol. The fourth-order valence-corrected chi connectivity index (χ4v) is 1.41. The number of benzene rings is 1.